The van der Waals surface area contributed by atoms with Gasteiger partial charge in [-0.05, 0) is 33.7 Å². The van der Waals surface area contributed by atoms with Crippen molar-refractivity contribution in [2.75, 3.05) is 53.0 Å². The number of rotatable bonds is 6. The first-order valence-electron chi connectivity index (χ1n) is 7.93. The molecule has 0 saturated carbocycles. The summed E-state index contributed by atoms with van der Waals surface area (Å²) in [4.78, 5) is 5.16. The lowest BCUT2D eigenvalue weighted by molar-refractivity contribution is 0.0172. The number of ether oxygens (including phenoxy) is 1. The minimum Gasteiger partial charge on any atom is -0.394 e. The van der Waals surface area contributed by atoms with Crippen molar-refractivity contribution in [3.8, 4) is 0 Å². The minimum absolute atomic E-state index is 0.170. The Morgan fingerprint density at radius 3 is 2.65 bits per heavy atom. The number of likely N-dealkylation sites (tertiary alicyclic amines) is 1. The van der Waals surface area contributed by atoms with E-state index in [0.29, 0.717) is 12.1 Å². The second kappa shape index (κ2) is 7.18. The molecule has 3 atom stereocenters. The molecule has 0 aromatic carbocycles. The fraction of sp³-hybridized carbons (Fsp3) is 1.00. The molecule has 0 amide bonds. The fourth-order valence-corrected chi connectivity index (χ4v) is 3.44. The fourth-order valence-electron chi connectivity index (χ4n) is 3.44. The molecule has 0 radical (unpaired) electrons. The number of aliphatic hydroxyl groups is 1. The van der Waals surface area contributed by atoms with E-state index in [-0.39, 0.29) is 12.1 Å². The van der Waals surface area contributed by atoms with Crippen LogP contribution in [-0.4, -0.2) is 85.6 Å². The molecule has 118 valence electrons. The normalized spacial score (nSPS) is 30.3. The van der Waals surface area contributed by atoms with E-state index in [9.17, 15) is 5.11 Å². The second-order valence-electron chi connectivity index (χ2n) is 6.61. The highest BCUT2D eigenvalue weighted by molar-refractivity contribution is 4.91. The Morgan fingerprint density at radius 2 is 2.05 bits per heavy atom. The Kier molecular flexibility index (Phi) is 5.81. The predicted octanol–water partition coefficient (Wildman–Crippen LogP) is 0.142. The summed E-state index contributed by atoms with van der Waals surface area (Å²) in [7, 11) is 1.93. The van der Waals surface area contributed by atoms with E-state index in [4.69, 9.17) is 4.74 Å². The largest absolute Gasteiger partial charge is 0.394 e. The van der Waals surface area contributed by atoms with E-state index < -0.39 is 0 Å². The van der Waals surface area contributed by atoms with E-state index in [2.05, 4.69) is 29.0 Å². The molecule has 2 rings (SSSR count). The molecule has 2 aliphatic heterocycles. The van der Waals surface area contributed by atoms with E-state index in [1.807, 2.05) is 7.05 Å². The van der Waals surface area contributed by atoms with E-state index in [0.717, 1.165) is 39.3 Å². The molecule has 0 bridgehead atoms. The predicted molar refractivity (Wildman–Crippen MR) is 81.0 cm³/mol. The third-order valence-electron chi connectivity index (χ3n) is 5.08. The van der Waals surface area contributed by atoms with Crippen molar-refractivity contribution in [3.05, 3.63) is 0 Å². The van der Waals surface area contributed by atoms with Crippen LogP contribution in [0.15, 0.2) is 0 Å². The Bertz CT molecular complexity index is 291. The summed E-state index contributed by atoms with van der Waals surface area (Å²) in [5, 5.41) is 12.8. The molecule has 2 heterocycles. The molecular formula is C15H31N3O2. The Balaban J connectivity index is 1.82. The third-order valence-corrected chi connectivity index (χ3v) is 5.08. The number of morpholine rings is 1. The maximum atomic E-state index is 9.53. The molecular weight excluding hydrogens is 254 g/mol. The summed E-state index contributed by atoms with van der Waals surface area (Å²) in [5.41, 5.74) is -0.170. The van der Waals surface area contributed by atoms with Gasteiger partial charge in [0.2, 0.25) is 0 Å². The van der Waals surface area contributed by atoms with Gasteiger partial charge in [0, 0.05) is 43.8 Å². The molecule has 5 nitrogen and oxygen atoms in total. The number of nitrogens with zero attached hydrogens (tertiary/aromatic N) is 2. The van der Waals surface area contributed by atoms with Crippen LogP contribution >= 0.6 is 0 Å². The number of hydrogen-bond donors (Lipinski definition) is 2. The van der Waals surface area contributed by atoms with Gasteiger partial charge in [0.1, 0.15) is 0 Å². The summed E-state index contributed by atoms with van der Waals surface area (Å²) >= 11 is 0. The zero-order chi connectivity index (χ0) is 14.6. The summed E-state index contributed by atoms with van der Waals surface area (Å²) in [6, 6.07) is 1.20. The van der Waals surface area contributed by atoms with Crippen LogP contribution in [0.1, 0.15) is 26.7 Å². The smallest absolute Gasteiger partial charge is 0.0611 e. The SMILES string of the molecule is CNC(C)(CO)CC(C)N1CCC(N2CCOCC2)C1. The van der Waals surface area contributed by atoms with Gasteiger partial charge in [0.25, 0.3) is 0 Å². The van der Waals surface area contributed by atoms with Gasteiger partial charge < -0.3 is 15.2 Å². The summed E-state index contributed by atoms with van der Waals surface area (Å²) in [6.45, 7) is 10.8. The quantitative estimate of drug-likeness (QED) is 0.727. The van der Waals surface area contributed by atoms with Gasteiger partial charge in [-0.2, -0.15) is 0 Å². The van der Waals surface area contributed by atoms with Gasteiger partial charge in [0.15, 0.2) is 0 Å². The zero-order valence-electron chi connectivity index (χ0n) is 13.3. The molecule has 0 aromatic rings. The topological polar surface area (TPSA) is 48.0 Å². The number of hydrogen-bond acceptors (Lipinski definition) is 5. The maximum absolute atomic E-state index is 9.53. The van der Waals surface area contributed by atoms with E-state index >= 15 is 0 Å². The molecule has 2 aliphatic rings. The monoisotopic (exact) mass is 285 g/mol. The summed E-state index contributed by atoms with van der Waals surface area (Å²) < 4.78 is 5.44. The molecule has 2 fully saturated rings. The average molecular weight is 285 g/mol. The third kappa shape index (κ3) is 3.92. The van der Waals surface area contributed by atoms with Crippen LogP contribution in [0.3, 0.4) is 0 Å². The van der Waals surface area contributed by atoms with Crippen LogP contribution in [-0.2, 0) is 4.74 Å². The maximum Gasteiger partial charge on any atom is 0.0611 e. The molecule has 0 aliphatic carbocycles. The van der Waals surface area contributed by atoms with Crippen molar-refractivity contribution >= 4 is 0 Å². The van der Waals surface area contributed by atoms with Crippen molar-refractivity contribution < 1.29 is 9.84 Å². The summed E-state index contributed by atoms with van der Waals surface area (Å²) in [5.74, 6) is 0. The van der Waals surface area contributed by atoms with Crippen LogP contribution < -0.4 is 5.32 Å². The first kappa shape index (κ1) is 16.2. The molecule has 2 saturated heterocycles. The lowest BCUT2D eigenvalue weighted by Gasteiger charge is -2.35. The van der Waals surface area contributed by atoms with Crippen LogP contribution in [0.25, 0.3) is 0 Å². The van der Waals surface area contributed by atoms with Crippen LogP contribution in [0.4, 0.5) is 0 Å². The van der Waals surface area contributed by atoms with Gasteiger partial charge in [-0.15, -0.1) is 0 Å². The molecule has 2 N–H and O–H groups in total. The van der Waals surface area contributed by atoms with Crippen LogP contribution in [0.2, 0.25) is 0 Å². The molecule has 0 aromatic heterocycles. The van der Waals surface area contributed by atoms with Gasteiger partial charge in [-0.1, -0.05) is 0 Å². The van der Waals surface area contributed by atoms with Gasteiger partial charge >= 0.3 is 0 Å². The van der Waals surface area contributed by atoms with Crippen molar-refractivity contribution in [2.24, 2.45) is 0 Å². The average Bonchev–Trinajstić information content (AvgIpc) is 2.98. The Labute approximate surface area is 123 Å². The zero-order valence-corrected chi connectivity index (χ0v) is 13.3. The lowest BCUT2D eigenvalue weighted by Crippen LogP contribution is -2.49. The Hall–Kier alpha value is -0.200. The van der Waals surface area contributed by atoms with E-state index in [1.165, 1.54) is 13.0 Å². The lowest BCUT2D eigenvalue weighted by atomic mass is 9.94. The molecule has 3 unspecified atom stereocenters. The molecule has 20 heavy (non-hydrogen) atoms. The number of aliphatic hydroxyl groups excluding tert-OH is 1. The highest BCUT2D eigenvalue weighted by Gasteiger charge is 2.33. The van der Waals surface area contributed by atoms with Crippen LogP contribution in [0.5, 0.6) is 0 Å². The van der Waals surface area contributed by atoms with Gasteiger partial charge in [-0.3, -0.25) is 9.80 Å². The highest BCUT2D eigenvalue weighted by Crippen LogP contribution is 2.23. The van der Waals surface area contributed by atoms with Crippen molar-refractivity contribution in [1.29, 1.82) is 0 Å². The second-order valence-corrected chi connectivity index (χ2v) is 6.61. The first-order chi connectivity index (χ1) is 9.58. The Morgan fingerprint density at radius 1 is 1.35 bits per heavy atom. The summed E-state index contributed by atoms with van der Waals surface area (Å²) in [6.07, 6.45) is 2.25. The van der Waals surface area contributed by atoms with Crippen molar-refractivity contribution in [2.45, 2.75) is 44.3 Å². The van der Waals surface area contributed by atoms with Gasteiger partial charge in [-0.25, -0.2) is 0 Å². The van der Waals surface area contributed by atoms with Gasteiger partial charge in [0.05, 0.1) is 19.8 Å². The molecule has 0 spiro atoms. The van der Waals surface area contributed by atoms with Crippen LogP contribution in [0, 0.1) is 0 Å². The standard InChI is InChI=1S/C15H31N3O2/c1-13(10-15(2,12-19)16-3)18-5-4-14(11-18)17-6-8-20-9-7-17/h13-14,16,19H,4-12H2,1-3H3. The first-order valence-corrected chi connectivity index (χ1v) is 7.93. The van der Waals surface area contributed by atoms with E-state index in [1.54, 1.807) is 0 Å². The van der Waals surface area contributed by atoms with Crippen molar-refractivity contribution in [1.82, 2.24) is 15.1 Å². The minimum atomic E-state index is -0.170. The highest BCUT2D eigenvalue weighted by atomic mass is 16.5. The number of likely N-dealkylation sites (N-methyl/N-ethyl adjacent to an activating group) is 1. The number of nitrogens with one attached hydrogen (secondary N) is 1. The van der Waals surface area contributed by atoms with Crippen molar-refractivity contribution in [3.63, 3.8) is 0 Å². The molecule has 5 heteroatoms.